The quantitative estimate of drug-likeness (QED) is 0.771. The van der Waals surface area contributed by atoms with Crippen molar-refractivity contribution in [1.82, 2.24) is 0 Å². The molecule has 1 amide bonds. The van der Waals surface area contributed by atoms with E-state index in [1.54, 1.807) is 12.1 Å². The zero-order valence-corrected chi connectivity index (χ0v) is 10.7. The summed E-state index contributed by atoms with van der Waals surface area (Å²) in [5.74, 6) is -2.77. The Labute approximate surface area is 115 Å². The van der Waals surface area contributed by atoms with Gasteiger partial charge in [0, 0.05) is 11.8 Å². The van der Waals surface area contributed by atoms with Gasteiger partial charge in [0.2, 0.25) is 5.91 Å². The van der Waals surface area contributed by atoms with Crippen molar-refractivity contribution in [2.45, 2.75) is 25.0 Å². The van der Waals surface area contributed by atoms with Crippen LogP contribution in [0.1, 0.15) is 12.8 Å². The highest BCUT2D eigenvalue weighted by molar-refractivity contribution is 5.96. The van der Waals surface area contributed by atoms with Crippen molar-refractivity contribution >= 4 is 17.6 Å². The van der Waals surface area contributed by atoms with Crippen molar-refractivity contribution in [2.75, 3.05) is 5.32 Å². The minimum Gasteiger partial charge on any atom is -0.508 e. The second-order valence-corrected chi connectivity index (χ2v) is 5.22. The molecule has 3 rings (SSSR count). The normalized spacial score (nSPS) is 31.2. The molecule has 2 aliphatic rings. The molecule has 0 saturated carbocycles. The molecule has 1 aromatic rings. The Morgan fingerprint density at radius 3 is 2.55 bits per heavy atom. The zero-order chi connectivity index (χ0) is 14.3. The number of aromatic hydroxyl groups is 1. The summed E-state index contributed by atoms with van der Waals surface area (Å²) in [6.45, 7) is 0. The van der Waals surface area contributed by atoms with Gasteiger partial charge in [-0.25, -0.2) is 0 Å². The Bertz CT molecular complexity index is 558. The summed E-state index contributed by atoms with van der Waals surface area (Å²) in [7, 11) is 0. The first-order valence-corrected chi connectivity index (χ1v) is 6.54. The van der Waals surface area contributed by atoms with Gasteiger partial charge < -0.3 is 20.3 Å². The first kappa shape index (κ1) is 12.9. The number of nitrogens with one attached hydrogen (secondary N) is 1. The summed E-state index contributed by atoms with van der Waals surface area (Å²) < 4.78 is 5.55. The molecule has 2 heterocycles. The predicted molar refractivity (Wildman–Crippen MR) is 69.2 cm³/mol. The van der Waals surface area contributed by atoms with Gasteiger partial charge in [-0.3, -0.25) is 9.59 Å². The summed E-state index contributed by atoms with van der Waals surface area (Å²) in [5.41, 5.74) is 0.446. The monoisotopic (exact) mass is 277 g/mol. The van der Waals surface area contributed by atoms with E-state index in [4.69, 9.17) is 4.74 Å². The average molecular weight is 277 g/mol. The van der Waals surface area contributed by atoms with Crippen LogP contribution in [0.5, 0.6) is 5.75 Å². The Hall–Kier alpha value is -2.08. The number of carboxylic acids is 1. The van der Waals surface area contributed by atoms with Crippen LogP contribution in [0.25, 0.3) is 0 Å². The number of benzene rings is 1. The average Bonchev–Trinajstić information content (AvgIpc) is 2.98. The standard InChI is InChI=1S/C14H15NO5/c16-8-3-1-2-7(6-8)15-13(17)11-9-4-5-10(20-9)12(11)14(18)19/h1-3,6,9-12,16H,4-5H2,(H,15,17)(H,18,19)/t9-,10+,11-,12+/m1/s1. The predicted octanol–water partition coefficient (Wildman–Crippen LogP) is 1.21. The van der Waals surface area contributed by atoms with Crippen molar-refractivity contribution in [2.24, 2.45) is 11.8 Å². The van der Waals surface area contributed by atoms with E-state index >= 15 is 0 Å². The molecule has 106 valence electrons. The van der Waals surface area contributed by atoms with Gasteiger partial charge in [0.15, 0.2) is 0 Å². The van der Waals surface area contributed by atoms with Crippen LogP contribution >= 0.6 is 0 Å². The van der Waals surface area contributed by atoms with E-state index in [0.717, 1.165) is 0 Å². The van der Waals surface area contributed by atoms with Crippen LogP contribution in [-0.2, 0) is 14.3 Å². The molecule has 2 saturated heterocycles. The maximum absolute atomic E-state index is 12.3. The molecule has 0 spiro atoms. The number of rotatable bonds is 3. The van der Waals surface area contributed by atoms with E-state index in [2.05, 4.69) is 5.32 Å². The molecule has 0 radical (unpaired) electrons. The van der Waals surface area contributed by atoms with Crippen molar-refractivity contribution in [3.63, 3.8) is 0 Å². The fourth-order valence-electron chi connectivity index (χ4n) is 3.13. The van der Waals surface area contributed by atoms with Gasteiger partial charge in [-0.1, -0.05) is 6.07 Å². The number of anilines is 1. The van der Waals surface area contributed by atoms with E-state index in [1.807, 2.05) is 0 Å². The lowest BCUT2D eigenvalue weighted by molar-refractivity contribution is -0.147. The number of carboxylic acid groups (broad SMARTS) is 1. The molecule has 6 heteroatoms. The number of phenols is 1. The van der Waals surface area contributed by atoms with Crippen LogP contribution in [0.4, 0.5) is 5.69 Å². The number of hydrogen-bond acceptors (Lipinski definition) is 4. The van der Waals surface area contributed by atoms with Crippen molar-refractivity contribution < 1.29 is 24.5 Å². The van der Waals surface area contributed by atoms with Crippen molar-refractivity contribution in [3.8, 4) is 5.75 Å². The summed E-state index contributed by atoms with van der Waals surface area (Å²) in [6.07, 6.45) is 0.722. The molecule has 2 aliphatic heterocycles. The number of phenolic OH excluding ortho intramolecular Hbond substituents is 1. The summed E-state index contributed by atoms with van der Waals surface area (Å²) >= 11 is 0. The van der Waals surface area contributed by atoms with Crippen LogP contribution in [0, 0.1) is 11.8 Å². The molecule has 2 fully saturated rings. The first-order chi connectivity index (χ1) is 9.56. The number of carbonyl (C=O) groups is 2. The van der Waals surface area contributed by atoms with Gasteiger partial charge in [-0.2, -0.15) is 0 Å². The summed E-state index contributed by atoms with van der Waals surface area (Å²) in [5, 5.41) is 21.3. The van der Waals surface area contributed by atoms with E-state index in [-0.39, 0.29) is 23.9 Å². The van der Waals surface area contributed by atoms with Crippen molar-refractivity contribution in [3.05, 3.63) is 24.3 Å². The molecule has 0 aromatic heterocycles. The number of carbonyl (C=O) groups excluding carboxylic acids is 1. The molecule has 0 unspecified atom stereocenters. The van der Waals surface area contributed by atoms with Crippen LogP contribution < -0.4 is 5.32 Å². The fourth-order valence-corrected chi connectivity index (χ4v) is 3.13. The fraction of sp³-hybridized carbons (Fsp3) is 0.429. The summed E-state index contributed by atoms with van der Waals surface area (Å²) in [6, 6.07) is 6.16. The van der Waals surface area contributed by atoms with Crippen LogP contribution in [0.2, 0.25) is 0 Å². The Balaban J connectivity index is 1.78. The first-order valence-electron chi connectivity index (χ1n) is 6.54. The lowest BCUT2D eigenvalue weighted by Crippen LogP contribution is -2.40. The number of ether oxygens (including phenoxy) is 1. The number of fused-ring (bicyclic) bond motifs is 2. The Kier molecular flexibility index (Phi) is 3.10. The highest BCUT2D eigenvalue weighted by atomic mass is 16.5. The highest BCUT2D eigenvalue weighted by Gasteiger charge is 2.55. The lowest BCUT2D eigenvalue weighted by atomic mass is 9.78. The van der Waals surface area contributed by atoms with Gasteiger partial charge in [0.25, 0.3) is 0 Å². The van der Waals surface area contributed by atoms with E-state index < -0.39 is 17.8 Å². The molecular formula is C14H15NO5. The third-order valence-electron chi connectivity index (χ3n) is 3.97. The van der Waals surface area contributed by atoms with Gasteiger partial charge in [-0.05, 0) is 25.0 Å². The molecule has 6 nitrogen and oxygen atoms in total. The second kappa shape index (κ2) is 4.79. The second-order valence-electron chi connectivity index (χ2n) is 5.22. The highest BCUT2D eigenvalue weighted by Crippen LogP contribution is 2.44. The van der Waals surface area contributed by atoms with Crippen LogP contribution in [0.15, 0.2) is 24.3 Å². The van der Waals surface area contributed by atoms with Crippen molar-refractivity contribution in [1.29, 1.82) is 0 Å². The smallest absolute Gasteiger partial charge is 0.310 e. The molecular weight excluding hydrogens is 262 g/mol. The SMILES string of the molecule is O=C(O)[C@@H]1[C@H](C(=O)Nc2cccc(O)c2)[C@H]2CC[C@@H]1O2. The molecule has 1 aromatic carbocycles. The maximum atomic E-state index is 12.3. The molecule has 3 N–H and O–H groups in total. The van der Waals surface area contributed by atoms with Crippen LogP contribution in [0.3, 0.4) is 0 Å². The molecule has 4 atom stereocenters. The third kappa shape index (κ3) is 2.12. The van der Waals surface area contributed by atoms with Gasteiger partial charge in [0.1, 0.15) is 5.75 Å². The maximum Gasteiger partial charge on any atom is 0.310 e. The minimum atomic E-state index is -0.992. The van der Waals surface area contributed by atoms with E-state index in [1.165, 1.54) is 12.1 Å². The molecule has 2 bridgehead atoms. The number of hydrogen-bond donors (Lipinski definition) is 3. The van der Waals surface area contributed by atoms with Crippen LogP contribution in [-0.4, -0.2) is 34.3 Å². The lowest BCUT2D eigenvalue weighted by Gasteiger charge is -2.23. The van der Waals surface area contributed by atoms with E-state index in [9.17, 15) is 19.8 Å². The summed E-state index contributed by atoms with van der Waals surface area (Å²) in [4.78, 5) is 23.6. The molecule has 0 aliphatic carbocycles. The van der Waals surface area contributed by atoms with Gasteiger partial charge >= 0.3 is 5.97 Å². The Morgan fingerprint density at radius 2 is 1.90 bits per heavy atom. The molecule has 20 heavy (non-hydrogen) atoms. The zero-order valence-electron chi connectivity index (χ0n) is 10.7. The largest absolute Gasteiger partial charge is 0.508 e. The van der Waals surface area contributed by atoms with Gasteiger partial charge in [-0.15, -0.1) is 0 Å². The van der Waals surface area contributed by atoms with Gasteiger partial charge in [0.05, 0.1) is 24.0 Å². The number of amides is 1. The topological polar surface area (TPSA) is 95.9 Å². The number of aliphatic carboxylic acids is 1. The van der Waals surface area contributed by atoms with E-state index in [0.29, 0.717) is 18.5 Å². The Morgan fingerprint density at radius 1 is 1.20 bits per heavy atom. The minimum absolute atomic E-state index is 0.0433. The third-order valence-corrected chi connectivity index (χ3v) is 3.97.